The van der Waals surface area contributed by atoms with E-state index in [-0.39, 0.29) is 42.1 Å². The number of methoxy groups -OCH3 is 1. The second-order valence-corrected chi connectivity index (χ2v) is 14.7. The van der Waals surface area contributed by atoms with E-state index in [9.17, 15) is 27.6 Å². The third-order valence-electron chi connectivity index (χ3n) is 9.76. The van der Waals surface area contributed by atoms with Gasteiger partial charge in [0.1, 0.15) is 11.9 Å². The minimum Gasteiger partial charge on any atom is -0.466 e. The van der Waals surface area contributed by atoms with Crippen LogP contribution in [0.3, 0.4) is 0 Å². The number of hydrogen-bond donors (Lipinski definition) is 1. The van der Waals surface area contributed by atoms with Gasteiger partial charge in [0.15, 0.2) is 0 Å². The Kier molecular flexibility index (Phi) is 13.1. The Morgan fingerprint density at radius 3 is 2.25 bits per heavy atom. The van der Waals surface area contributed by atoms with Crippen LogP contribution in [-0.2, 0) is 37.2 Å². The standard InChI is InChI=1S/C40H51F4N3O5/c1-9-52-35(49)19-39(7,32-17-30(16-27(6)37(32)41)36-25(4)11-10-12-26(36)5)45-38(50)33(15-24(2)3)47-22-29(31(18-34(47)48)40(42,43)44)13-14-46-20-28(21-46)23-51-8/h10-12,16-18,22,24,28,33H,9,13-15,19-21,23H2,1-8H3,(H,45,50)/t33?,39-/m1/s1. The van der Waals surface area contributed by atoms with Gasteiger partial charge < -0.3 is 24.3 Å². The van der Waals surface area contributed by atoms with Crippen molar-refractivity contribution in [2.24, 2.45) is 11.8 Å². The van der Waals surface area contributed by atoms with Crippen LogP contribution in [0, 0.1) is 38.4 Å². The van der Waals surface area contributed by atoms with Gasteiger partial charge in [-0.2, -0.15) is 13.2 Å². The average molecular weight is 730 g/mol. The normalized spacial score (nSPS) is 15.6. The zero-order chi connectivity index (χ0) is 38.5. The van der Waals surface area contributed by atoms with E-state index >= 15 is 4.39 Å². The van der Waals surface area contributed by atoms with E-state index in [2.05, 4.69) is 5.32 Å². The molecule has 0 radical (unpaired) electrons. The second-order valence-electron chi connectivity index (χ2n) is 14.7. The molecule has 1 N–H and O–H groups in total. The van der Waals surface area contributed by atoms with E-state index in [4.69, 9.17) is 9.47 Å². The average Bonchev–Trinajstić information content (AvgIpc) is 3.02. The molecule has 1 fully saturated rings. The molecule has 0 bridgehead atoms. The van der Waals surface area contributed by atoms with Gasteiger partial charge in [-0.3, -0.25) is 14.4 Å². The Hall–Kier alpha value is -4.03. The number of likely N-dealkylation sites (tertiary alicyclic amines) is 1. The van der Waals surface area contributed by atoms with E-state index in [0.29, 0.717) is 43.8 Å². The SMILES string of the molecule is CCOC(=O)C[C@@](C)(NC(=O)C(CC(C)C)n1cc(CCN2CC(COC)C2)c(C(F)(F)F)cc1=O)c1cc(-c2c(C)cccc2C)cc(C)c1F. The highest BCUT2D eigenvalue weighted by atomic mass is 19.4. The summed E-state index contributed by atoms with van der Waals surface area (Å²) in [6, 6.07) is 8.41. The molecule has 12 heteroatoms. The van der Waals surface area contributed by atoms with E-state index in [0.717, 1.165) is 27.5 Å². The molecule has 52 heavy (non-hydrogen) atoms. The number of amides is 1. The van der Waals surface area contributed by atoms with Crippen LogP contribution in [0.4, 0.5) is 17.6 Å². The Labute approximate surface area is 303 Å². The summed E-state index contributed by atoms with van der Waals surface area (Å²) in [5.74, 6) is -1.93. The van der Waals surface area contributed by atoms with E-state index in [1.54, 1.807) is 33.1 Å². The van der Waals surface area contributed by atoms with E-state index in [1.807, 2.05) is 50.8 Å². The van der Waals surface area contributed by atoms with Gasteiger partial charge in [-0.15, -0.1) is 0 Å². The number of nitrogens with one attached hydrogen (secondary N) is 1. The van der Waals surface area contributed by atoms with Gasteiger partial charge in [0.2, 0.25) is 5.91 Å². The molecule has 2 aromatic carbocycles. The first-order chi connectivity index (χ1) is 24.4. The lowest BCUT2D eigenvalue weighted by molar-refractivity contribution is -0.145. The van der Waals surface area contributed by atoms with Gasteiger partial charge in [0, 0.05) is 50.5 Å². The van der Waals surface area contributed by atoms with Crippen molar-refractivity contribution in [3.8, 4) is 11.1 Å². The first-order valence-corrected chi connectivity index (χ1v) is 17.8. The number of halogens is 4. The first-order valence-electron chi connectivity index (χ1n) is 17.8. The third-order valence-corrected chi connectivity index (χ3v) is 9.76. The van der Waals surface area contributed by atoms with Gasteiger partial charge in [-0.05, 0) is 98.9 Å². The Balaban J connectivity index is 1.79. The summed E-state index contributed by atoms with van der Waals surface area (Å²) in [5, 5.41) is 2.87. The van der Waals surface area contributed by atoms with Crippen molar-refractivity contribution >= 4 is 11.9 Å². The fourth-order valence-electron chi connectivity index (χ4n) is 7.22. The molecule has 1 amide bonds. The number of carbonyl (C=O) groups is 2. The van der Waals surface area contributed by atoms with Crippen molar-refractivity contribution in [2.45, 2.75) is 85.5 Å². The first kappa shape index (κ1) is 40.7. The van der Waals surface area contributed by atoms with Crippen LogP contribution in [0.1, 0.15) is 80.0 Å². The summed E-state index contributed by atoms with van der Waals surface area (Å²) < 4.78 is 70.5. The molecule has 2 atom stereocenters. The molecule has 1 aliphatic heterocycles. The van der Waals surface area contributed by atoms with Crippen LogP contribution in [0.5, 0.6) is 0 Å². The summed E-state index contributed by atoms with van der Waals surface area (Å²) in [4.78, 5) is 43.0. The fraction of sp³-hybridized carbons (Fsp3) is 0.525. The molecule has 1 aliphatic rings. The number of aryl methyl sites for hydroxylation is 3. The summed E-state index contributed by atoms with van der Waals surface area (Å²) in [5.41, 5.74) is -0.0217. The number of aromatic nitrogens is 1. The fourth-order valence-corrected chi connectivity index (χ4v) is 7.22. The molecular formula is C40H51F4N3O5. The van der Waals surface area contributed by atoms with Gasteiger partial charge >= 0.3 is 12.1 Å². The highest BCUT2D eigenvalue weighted by Crippen LogP contribution is 2.37. The molecule has 1 aromatic heterocycles. The molecule has 1 unspecified atom stereocenters. The lowest BCUT2D eigenvalue weighted by Crippen LogP contribution is -2.50. The molecule has 4 rings (SSSR count). The van der Waals surface area contributed by atoms with Crippen LogP contribution in [0.15, 0.2) is 47.4 Å². The number of pyridine rings is 1. The molecule has 8 nitrogen and oxygen atoms in total. The van der Waals surface area contributed by atoms with Crippen molar-refractivity contribution < 1.29 is 36.6 Å². The maximum absolute atomic E-state index is 16.3. The summed E-state index contributed by atoms with van der Waals surface area (Å²) in [6.45, 7) is 14.6. The molecule has 0 saturated carbocycles. The quantitative estimate of drug-likeness (QED) is 0.131. The topological polar surface area (TPSA) is 89.9 Å². The summed E-state index contributed by atoms with van der Waals surface area (Å²) in [6.07, 6.45) is -4.01. The molecule has 284 valence electrons. The molecule has 3 aromatic rings. The summed E-state index contributed by atoms with van der Waals surface area (Å²) in [7, 11) is 1.60. The number of alkyl halides is 3. The van der Waals surface area contributed by atoms with Crippen LogP contribution >= 0.6 is 0 Å². The zero-order valence-corrected chi connectivity index (χ0v) is 31.4. The number of esters is 1. The maximum atomic E-state index is 16.3. The number of carbonyl (C=O) groups excluding carboxylic acids is 2. The summed E-state index contributed by atoms with van der Waals surface area (Å²) >= 11 is 0. The van der Waals surface area contributed by atoms with Crippen molar-refractivity contribution in [3.63, 3.8) is 0 Å². The predicted octanol–water partition coefficient (Wildman–Crippen LogP) is 7.29. The Morgan fingerprint density at radius 2 is 1.67 bits per heavy atom. The molecule has 0 aliphatic carbocycles. The van der Waals surface area contributed by atoms with Crippen LogP contribution in [0.25, 0.3) is 11.1 Å². The van der Waals surface area contributed by atoms with Crippen molar-refractivity contribution in [1.82, 2.24) is 14.8 Å². The van der Waals surface area contributed by atoms with Gasteiger partial charge in [-0.1, -0.05) is 32.0 Å². The number of nitrogens with zero attached hydrogens (tertiary/aromatic N) is 2. The van der Waals surface area contributed by atoms with Crippen LogP contribution < -0.4 is 10.9 Å². The molecule has 0 spiro atoms. The minimum atomic E-state index is -4.79. The Bertz CT molecular complexity index is 1800. The maximum Gasteiger partial charge on any atom is 0.416 e. The molecule has 1 saturated heterocycles. The monoisotopic (exact) mass is 729 g/mol. The second kappa shape index (κ2) is 16.8. The predicted molar refractivity (Wildman–Crippen MR) is 192 cm³/mol. The zero-order valence-electron chi connectivity index (χ0n) is 31.4. The Morgan fingerprint density at radius 1 is 1.02 bits per heavy atom. The third kappa shape index (κ3) is 9.49. The highest BCUT2D eigenvalue weighted by molar-refractivity contribution is 5.83. The number of rotatable bonds is 15. The van der Waals surface area contributed by atoms with Crippen LogP contribution in [-0.4, -0.2) is 61.3 Å². The lowest BCUT2D eigenvalue weighted by atomic mass is 9.83. The largest absolute Gasteiger partial charge is 0.466 e. The highest BCUT2D eigenvalue weighted by Gasteiger charge is 2.40. The van der Waals surface area contributed by atoms with Crippen LogP contribution in [0.2, 0.25) is 0 Å². The molecule has 2 heterocycles. The van der Waals surface area contributed by atoms with Gasteiger partial charge in [-0.25, -0.2) is 4.39 Å². The van der Waals surface area contributed by atoms with Gasteiger partial charge in [0.25, 0.3) is 5.56 Å². The number of ether oxygens (including phenoxy) is 2. The van der Waals surface area contributed by atoms with E-state index in [1.165, 1.54) is 6.92 Å². The number of benzene rings is 2. The minimum absolute atomic E-state index is 0.00101. The molecular weight excluding hydrogens is 678 g/mol. The van der Waals surface area contributed by atoms with Crippen molar-refractivity contribution in [1.29, 1.82) is 0 Å². The van der Waals surface area contributed by atoms with Crippen molar-refractivity contribution in [3.05, 3.63) is 92.1 Å². The van der Waals surface area contributed by atoms with Gasteiger partial charge in [0.05, 0.1) is 30.7 Å². The van der Waals surface area contributed by atoms with E-state index < -0.39 is 53.0 Å². The number of hydrogen-bond acceptors (Lipinski definition) is 6. The smallest absolute Gasteiger partial charge is 0.416 e. The van der Waals surface area contributed by atoms with Crippen molar-refractivity contribution in [2.75, 3.05) is 40.0 Å². The lowest BCUT2D eigenvalue weighted by Gasteiger charge is -2.39.